The quantitative estimate of drug-likeness (QED) is 0.881. The standard InChI is InChI=1S/C12H14ClN3O/c1-7-3-4-9(17-2)8(5-7)11-12(13)16-10(6-14)15-11/h3-5H,6,14H2,1-2H3,(H,15,16). The fourth-order valence-electron chi connectivity index (χ4n) is 1.68. The minimum absolute atomic E-state index is 0.327. The highest BCUT2D eigenvalue weighted by molar-refractivity contribution is 6.32. The molecule has 2 rings (SSSR count). The molecule has 90 valence electrons. The molecule has 1 heterocycles. The van der Waals surface area contributed by atoms with E-state index in [1.54, 1.807) is 7.11 Å². The molecule has 2 aromatic rings. The second-order valence-electron chi connectivity index (χ2n) is 3.75. The molecule has 0 amide bonds. The van der Waals surface area contributed by atoms with Crippen LogP contribution in [0.3, 0.4) is 0 Å². The summed E-state index contributed by atoms with van der Waals surface area (Å²) in [7, 11) is 1.62. The van der Waals surface area contributed by atoms with Gasteiger partial charge in [0, 0.05) is 5.56 Å². The number of H-pyrrole nitrogens is 1. The summed E-state index contributed by atoms with van der Waals surface area (Å²) in [6.45, 7) is 2.33. The number of nitrogens with one attached hydrogen (secondary N) is 1. The number of aromatic amines is 1. The summed E-state index contributed by atoms with van der Waals surface area (Å²) < 4.78 is 5.31. The Bertz CT molecular complexity index is 537. The van der Waals surface area contributed by atoms with E-state index in [1.807, 2.05) is 25.1 Å². The maximum atomic E-state index is 6.11. The van der Waals surface area contributed by atoms with E-state index in [-0.39, 0.29) is 0 Å². The lowest BCUT2D eigenvalue weighted by Gasteiger charge is -2.07. The molecular formula is C12H14ClN3O. The highest BCUT2D eigenvalue weighted by Crippen LogP contribution is 2.33. The molecule has 1 aromatic heterocycles. The molecular weight excluding hydrogens is 238 g/mol. The largest absolute Gasteiger partial charge is 0.496 e. The Morgan fingerprint density at radius 1 is 1.47 bits per heavy atom. The maximum Gasteiger partial charge on any atom is 0.134 e. The van der Waals surface area contributed by atoms with Crippen molar-refractivity contribution in [1.29, 1.82) is 0 Å². The number of nitrogens with two attached hydrogens (primary N) is 1. The Morgan fingerprint density at radius 2 is 2.24 bits per heavy atom. The van der Waals surface area contributed by atoms with Crippen LogP contribution in [-0.4, -0.2) is 17.1 Å². The van der Waals surface area contributed by atoms with Crippen LogP contribution in [0.5, 0.6) is 5.75 Å². The number of imidazole rings is 1. The summed E-state index contributed by atoms with van der Waals surface area (Å²) in [6, 6.07) is 5.87. The van der Waals surface area contributed by atoms with E-state index in [0.29, 0.717) is 23.2 Å². The van der Waals surface area contributed by atoms with Crippen molar-refractivity contribution < 1.29 is 4.74 Å². The maximum absolute atomic E-state index is 6.11. The molecule has 0 bridgehead atoms. The number of benzene rings is 1. The average Bonchev–Trinajstić information content (AvgIpc) is 2.70. The number of methoxy groups -OCH3 is 1. The van der Waals surface area contributed by atoms with Crippen LogP contribution in [0, 0.1) is 6.92 Å². The third-order valence-electron chi connectivity index (χ3n) is 2.51. The molecule has 0 aliphatic heterocycles. The molecule has 5 heteroatoms. The highest BCUT2D eigenvalue weighted by Gasteiger charge is 2.14. The van der Waals surface area contributed by atoms with Gasteiger partial charge in [-0.25, -0.2) is 4.98 Å². The second kappa shape index (κ2) is 4.77. The molecule has 0 atom stereocenters. The average molecular weight is 252 g/mol. The molecule has 0 aliphatic carbocycles. The summed E-state index contributed by atoms with van der Waals surface area (Å²) in [5.74, 6) is 1.40. The first-order valence-electron chi connectivity index (χ1n) is 5.25. The predicted molar refractivity (Wildman–Crippen MR) is 68.2 cm³/mol. The van der Waals surface area contributed by atoms with Crippen LogP contribution in [0.1, 0.15) is 11.4 Å². The number of halogens is 1. The van der Waals surface area contributed by atoms with Gasteiger partial charge in [-0.2, -0.15) is 0 Å². The van der Waals surface area contributed by atoms with E-state index in [4.69, 9.17) is 22.1 Å². The number of nitrogens with zero attached hydrogens (tertiary/aromatic N) is 1. The molecule has 17 heavy (non-hydrogen) atoms. The summed E-state index contributed by atoms with van der Waals surface area (Å²) in [5, 5.41) is 0.481. The third kappa shape index (κ3) is 2.28. The van der Waals surface area contributed by atoms with Gasteiger partial charge in [-0.3, -0.25) is 0 Å². The van der Waals surface area contributed by atoms with Crippen molar-refractivity contribution in [3.63, 3.8) is 0 Å². The number of ether oxygens (including phenoxy) is 1. The zero-order chi connectivity index (χ0) is 12.4. The topological polar surface area (TPSA) is 63.9 Å². The van der Waals surface area contributed by atoms with Gasteiger partial charge in [0.1, 0.15) is 22.4 Å². The molecule has 0 saturated carbocycles. The molecule has 0 radical (unpaired) electrons. The van der Waals surface area contributed by atoms with Gasteiger partial charge >= 0.3 is 0 Å². The van der Waals surface area contributed by atoms with Crippen LogP contribution in [0.4, 0.5) is 0 Å². The van der Waals surface area contributed by atoms with E-state index >= 15 is 0 Å². The van der Waals surface area contributed by atoms with E-state index in [9.17, 15) is 0 Å². The van der Waals surface area contributed by atoms with E-state index in [2.05, 4.69) is 9.97 Å². The first-order chi connectivity index (χ1) is 8.15. The van der Waals surface area contributed by atoms with Crippen LogP contribution in [0.15, 0.2) is 18.2 Å². The zero-order valence-corrected chi connectivity index (χ0v) is 10.5. The van der Waals surface area contributed by atoms with Gasteiger partial charge in [0.15, 0.2) is 0 Å². The van der Waals surface area contributed by atoms with Crippen molar-refractivity contribution in [3.05, 3.63) is 34.7 Å². The van der Waals surface area contributed by atoms with E-state index in [1.165, 1.54) is 0 Å². The van der Waals surface area contributed by atoms with Crippen LogP contribution in [0.25, 0.3) is 11.3 Å². The van der Waals surface area contributed by atoms with Gasteiger partial charge < -0.3 is 15.5 Å². The molecule has 0 saturated heterocycles. The van der Waals surface area contributed by atoms with Gasteiger partial charge in [-0.1, -0.05) is 23.2 Å². The number of hydrogen-bond acceptors (Lipinski definition) is 3. The molecule has 0 fully saturated rings. The van der Waals surface area contributed by atoms with Crippen molar-refractivity contribution >= 4 is 11.6 Å². The molecule has 3 N–H and O–H groups in total. The van der Waals surface area contributed by atoms with Crippen molar-refractivity contribution in [2.24, 2.45) is 5.73 Å². The highest BCUT2D eigenvalue weighted by atomic mass is 35.5. The zero-order valence-electron chi connectivity index (χ0n) is 9.75. The van der Waals surface area contributed by atoms with Crippen LogP contribution >= 0.6 is 11.6 Å². The van der Waals surface area contributed by atoms with Gasteiger partial charge in [0.25, 0.3) is 0 Å². The first-order valence-corrected chi connectivity index (χ1v) is 5.63. The molecule has 0 spiro atoms. The van der Waals surface area contributed by atoms with Gasteiger partial charge in [0.2, 0.25) is 0 Å². The Labute approximate surface area is 105 Å². The molecule has 0 unspecified atom stereocenters. The summed E-state index contributed by atoms with van der Waals surface area (Å²) >= 11 is 6.11. The third-order valence-corrected chi connectivity index (χ3v) is 2.79. The predicted octanol–water partition coefficient (Wildman–Crippen LogP) is 2.51. The van der Waals surface area contributed by atoms with Crippen molar-refractivity contribution in [1.82, 2.24) is 9.97 Å². The fourth-order valence-corrected chi connectivity index (χ4v) is 1.93. The van der Waals surface area contributed by atoms with Crippen molar-refractivity contribution in [2.45, 2.75) is 13.5 Å². The monoisotopic (exact) mass is 251 g/mol. The van der Waals surface area contributed by atoms with Crippen LogP contribution in [0.2, 0.25) is 5.15 Å². The summed E-state index contributed by atoms with van der Waals surface area (Å²) in [4.78, 5) is 7.29. The van der Waals surface area contributed by atoms with Crippen LogP contribution in [-0.2, 0) is 6.54 Å². The van der Waals surface area contributed by atoms with Gasteiger partial charge in [-0.05, 0) is 19.1 Å². The Morgan fingerprint density at radius 3 is 2.82 bits per heavy atom. The summed E-state index contributed by atoms with van der Waals surface area (Å²) in [6.07, 6.45) is 0. The Kier molecular flexibility index (Phi) is 3.36. The molecule has 0 aliphatic rings. The second-order valence-corrected chi connectivity index (χ2v) is 4.13. The number of aryl methyl sites for hydroxylation is 1. The SMILES string of the molecule is COc1ccc(C)cc1-c1nc(CN)[nH]c1Cl. The number of hydrogen-bond donors (Lipinski definition) is 2. The van der Waals surface area contributed by atoms with Gasteiger partial charge in [-0.15, -0.1) is 0 Å². The van der Waals surface area contributed by atoms with E-state index < -0.39 is 0 Å². The minimum Gasteiger partial charge on any atom is -0.496 e. The Balaban J connectivity index is 2.58. The van der Waals surface area contributed by atoms with Crippen LogP contribution < -0.4 is 10.5 Å². The van der Waals surface area contributed by atoms with Crippen molar-refractivity contribution in [2.75, 3.05) is 7.11 Å². The van der Waals surface area contributed by atoms with Crippen molar-refractivity contribution in [3.8, 4) is 17.0 Å². The van der Waals surface area contributed by atoms with Gasteiger partial charge in [0.05, 0.1) is 13.7 Å². The minimum atomic E-state index is 0.327. The van der Waals surface area contributed by atoms with E-state index in [0.717, 1.165) is 16.9 Å². The normalized spacial score (nSPS) is 10.6. The smallest absolute Gasteiger partial charge is 0.134 e. The number of aromatic nitrogens is 2. The molecule has 4 nitrogen and oxygen atoms in total. The summed E-state index contributed by atoms with van der Waals surface area (Å²) in [5.41, 5.74) is 8.19. The molecule has 1 aromatic carbocycles. The first kappa shape index (κ1) is 12.0. The lowest BCUT2D eigenvalue weighted by Crippen LogP contribution is -1.98. The number of rotatable bonds is 3. The fraction of sp³-hybridized carbons (Fsp3) is 0.250. The Hall–Kier alpha value is -1.52. The lowest BCUT2D eigenvalue weighted by atomic mass is 10.1. The lowest BCUT2D eigenvalue weighted by molar-refractivity contribution is 0.416.